The number of hydrogen-bond acceptors (Lipinski definition) is 3. The molecule has 1 saturated heterocycles. The highest BCUT2D eigenvalue weighted by Crippen LogP contribution is 2.40. The molecule has 0 unspecified atom stereocenters. The zero-order chi connectivity index (χ0) is 20.7. The smallest absolute Gasteiger partial charge is 0.257 e. The molecule has 0 spiro atoms. The Kier molecular flexibility index (Phi) is 5.19. The molecular weight excluding hydrogens is 411 g/mol. The summed E-state index contributed by atoms with van der Waals surface area (Å²) in [6, 6.07) is 11.3. The SMILES string of the molecule is CC1=CC[C@@H]2C(=O)N(c3ccccc3C(=O)Nc3ccc(Cl)cc3Cl)C(=O)[C@@H]2C1. The number of hydrogen-bond donors (Lipinski definition) is 1. The molecule has 148 valence electrons. The zero-order valence-electron chi connectivity index (χ0n) is 15.6. The molecule has 1 aliphatic carbocycles. The van der Waals surface area contributed by atoms with Crippen LogP contribution < -0.4 is 10.2 Å². The summed E-state index contributed by atoms with van der Waals surface area (Å²) in [5.41, 5.74) is 2.02. The number of allylic oxidation sites excluding steroid dienone is 2. The van der Waals surface area contributed by atoms with Crippen molar-refractivity contribution in [1.82, 2.24) is 0 Å². The van der Waals surface area contributed by atoms with Gasteiger partial charge in [0.05, 0.1) is 33.8 Å². The first-order chi connectivity index (χ1) is 13.9. The van der Waals surface area contributed by atoms with Crippen LogP contribution in [0, 0.1) is 11.8 Å². The Morgan fingerprint density at radius 3 is 2.55 bits per heavy atom. The van der Waals surface area contributed by atoms with Gasteiger partial charge in [0, 0.05) is 5.02 Å². The lowest BCUT2D eigenvalue weighted by Gasteiger charge is -2.19. The van der Waals surface area contributed by atoms with E-state index in [1.807, 2.05) is 13.0 Å². The quantitative estimate of drug-likeness (QED) is 0.546. The van der Waals surface area contributed by atoms with Crippen molar-refractivity contribution in [1.29, 1.82) is 0 Å². The molecule has 2 aromatic carbocycles. The largest absolute Gasteiger partial charge is 0.321 e. The molecule has 29 heavy (non-hydrogen) atoms. The molecule has 0 aromatic heterocycles. The van der Waals surface area contributed by atoms with E-state index in [1.165, 1.54) is 11.0 Å². The van der Waals surface area contributed by atoms with Crippen LogP contribution in [0.15, 0.2) is 54.1 Å². The van der Waals surface area contributed by atoms with Crippen molar-refractivity contribution in [3.8, 4) is 0 Å². The van der Waals surface area contributed by atoms with Crippen LogP contribution in [0.5, 0.6) is 0 Å². The van der Waals surface area contributed by atoms with Gasteiger partial charge in [0.2, 0.25) is 11.8 Å². The van der Waals surface area contributed by atoms with E-state index in [-0.39, 0.29) is 34.9 Å². The molecule has 2 aromatic rings. The number of para-hydroxylation sites is 1. The van der Waals surface area contributed by atoms with Crippen LogP contribution in [0.1, 0.15) is 30.1 Å². The van der Waals surface area contributed by atoms with Gasteiger partial charge in [-0.2, -0.15) is 0 Å². The minimum absolute atomic E-state index is 0.226. The van der Waals surface area contributed by atoms with Crippen LogP contribution in [-0.2, 0) is 9.59 Å². The van der Waals surface area contributed by atoms with Gasteiger partial charge in [-0.05, 0) is 50.1 Å². The number of halogens is 2. The number of carbonyl (C=O) groups is 3. The molecule has 0 radical (unpaired) electrons. The number of anilines is 2. The molecular formula is C22H18Cl2N2O3. The van der Waals surface area contributed by atoms with E-state index in [4.69, 9.17) is 23.2 Å². The van der Waals surface area contributed by atoms with E-state index in [1.54, 1.807) is 36.4 Å². The molecule has 3 amide bonds. The fourth-order valence-corrected chi connectivity index (χ4v) is 4.37. The van der Waals surface area contributed by atoms with Gasteiger partial charge in [-0.1, -0.05) is 47.0 Å². The molecule has 2 aliphatic rings. The Morgan fingerprint density at radius 1 is 1.07 bits per heavy atom. The number of amides is 3. The summed E-state index contributed by atoms with van der Waals surface area (Å²) in [6.07, 6.45) is 3.13. The third-order valence-corrected chi connectivity index (χ3v) is 5.94. The van der Waals surface area contributed by atoms with Crippen LogP contribution in [-0.4, -0.2) is 17.7 Å². The molecule has 1 heterocycles. The second-order valence-corrected chi connectivity index (χ2v) is 8.15. The lowest BCUT2D eigenvalue weighted by atomic mass is 9.82. The fourth-order valence-electron chi connectivity index (χ4n) is 3.92. The summed E-state index contributed by atoms with van der Waals surface area (Å²) < 4.78 is 0. The summed E-state index contributed by atoms with van der Waals surface area (Å²) >= 11 is 12.0. The average Bonchev–Trinajstić information content (AvgIpc) is 2.94. The van der Waals surface area contributed by atoms with Crippen molar-refractivity contribution in [2.45, 2.75) is 19.8 Å². The summed E-state index contributed by atoms with van der Waals surface area (Å²) in [7, 11) is 0. The van der Waals surface area contributed by atoms with Crippen molar-refractivity contribution in [3.05, 3.63) is 69.7 Å². The predicted molar refractivity (Wildman–Crippen MR) is 113 cm³/mol. The number of nitrogens with zero attached hydrogens (tertiary/aromatic N) is 1. The number of nitrogens with one attached hydrogen (secondary N) is 1. The highest BCUT2D eigenvalue weighted by atomic mass is 35.5. The van der Waals surface area contributed by atoms with E-state index in [0.29, 0.717) is 28.6 Å². The van der Waals surface area contributed by atoms with Crippen molar-refractivity contribution in [2.24, 2.45) is 11.8 Å². The first-order valence-electron chi connectivity index (χ1n) is 9.25. The van der Waals surface area contributed by atoms with E-state index in [2.05, 4.69) is 5.32 Å². The topological polar surface area (TPSA) is 66.5 Å². The van der Waals surface area contributed by atoms with E-state index in [0.717, 1.165) is 5.57 Å². The van der Waals surface area contributed by atoms with Crippen LogP contribution in [0.25, 0.3) is 0 Å². The van der Waals surface area contributed by atoms with Gasteiger partial charge in [-0.3, -0.25) is 14.4 Å². The molecule has 1 fully saturated rings. The summed E-state index contributed by atoms with van der Waals surface area (Å²) in [4.78, 5) is 40.1. The molecule has 4 rings (SSSR count). The number of rotatable bonds is 3. The van der Waals surface area contributed by atoms with Crippen molar-refractivity contribution >= 4 is 52.3 Å². The standard InChI is InChI=1S/C22H18Cl2N2O3/c1-12-6-8-14-16(10-12)22(29)26(21(14)28)19-5-3-2-4-15(19)20(27)25-18-9-7-13(23)11-17(18)24/h2-7,9,11,14,16H,8,10H2,1H3,(H,25,27)/t14-,16+/m0/s1. The van der Waals surface area contributed by atoms with Crippen LogP contribution >= 0.6 is 23.2 Å². The Hall–Kier alpha value is -2.63. The third-order valence-electron chi connectivity index (χ3n) is 5.39. The number of carbonyl (C=O) groups excluding carboxylic acids is 3. The second-order valence-electron chi connectivity index (χ2n) is 7.31. The number of benzene rings is 2. The highest BCUT2D eigenvalue weighted by molar-refractivity contribution is 6.37. The Bertz CT molecular complexity index is 1060. The van der Waals surface area contributed by atoms with E-state index in [9.17, 15) is 14.4 Å². The molecule has 1 aliphatic heterocycles. The van der Waals surface area contributed by atoms with Crippen molar-refractivity contribution in [2.75, 3.05) is 10.2 Å². The zero-order valence-corrected chi connectivity index (χ0v) is 17.1. The Labute approximate surface area is 178 Å². The van der Waals surface area contributed by atoms with Gasteiger partial charge in [0.15, 0.2) is 0 Å². The summed E-state index contributed by atoms with van der Waals surface area (Å²) in [6.45, 7) is 1.97. The van der Waals surface area contributed by atoms with Crippen LogP contribution in [0.3, 0.4) is 0 Å². The normalized spacial score (nSPS) is 21.1. The molecule has 0 saturated carbocycles. The van der Waals surface area contributed by atoms with Gasteiger partial charge in [-0.25, -0.2) is 4.90 Å². The molecule has 0 bridgehead atoms. The van der Waals surface area contributed by atoms with Crippen molar-refractivity contribution in [3.63, 3.8) is 0 Å². The summed E-state index contributed by atoms with van der Waals surface area (Å²) in [5, 5.41) is 3.48. The molecule has 1 N–H and O–H groups in total. The number of fused-ring (bicyclic) bond motifs is 1. The first kappa shape index (κ1) is 19.7. The lowest BCUT2D eigenvalue weighted by molar-refractivity contribution is -0.122. The maximum Gasteiger partial charge on any atom is 0.257 e. The molecule has 2 atom stereocenters. The Morgan fingerprint density at radius 2 is 1.79 bits per heavy atom. The van der Waals surface area contributed by atoms with Crippen LogP contribution in [0.2, 0.25) is 10.0 Å². The van der Waals surface area contributed by atoms with Gasteiger partial charge in [0.1, 0.15) is 0 Å². The lowest BCUT2D eigenvalue weighted by Crippen LogP contribution is -2.33. The number of imide groups is 1. The van der Waals surface area contributed by atoms with Gasteiger partial charge in [-0.15, -0.1) is 0 Å². The maximum atomic E-state index is 13.0. The van der Waals surface area contributed by atoms with Gasteiger partial charge >= 0.3 is 0 Å². The Balaban J connectivity index is 1.66. The maximum absolute atomic E-state index is 13.0. The van der Waals surface area contributed by atoms with Crippen LogP contribution in [0.4, 0.5) is 11.4 Å². The first-order valence-corrected chi connectivity index (χ1v) is 10.0. The van der Waals surface area contributed by atoms with Gasteiger partial charge < -0.3 is 5.32 Å². The predicted octanol–water partition coefficient (Wildman–Crippen LogP) is 5.09. The fraction of sp³-hybridized carbons (Fsp3) is 0.227. The summed E-state index contributed by atoms with van der Waals surface area (Å²) in [5.74, 6) is -1.71. The average molecular weight is 429 g/mol. The van der Waals surface area contributed by atoms with E-state index < -0.39 is 5.91 Å². The minimum atomic E-state index is -0.463. The molecule has 5 nitrogen and oxygen atoms in total. The molecule has 7 heteroatoms. The highest BCUT2D eigenvalue weighted by Gasteiger charge is 2.49. The monoisotopic (exact) mass is 428 g/mol. The van der Waals surface area contributed by atoms with E-state index >= 15 is 0 Å². The minimum Gasteiger partial charge on any atom is -0.321 e. The van der Waals surface area contributed by atoms with Crippen molar-refractivity contribution < 1.29 is 14.4 Å². The van der Waals surface area contributed by atoms with Gasteiger partial charge in [0.25, 0.3) is 5.91 Å². The second kappa shape index (κ2) is 7.65. The third kappa shape index (κ3) is 3.56.